The third-order valence-electron chi connectivity index (χ3n) is 4.44. The van der Waals surface area contributed by atoms with E-state index in [0.717, 1.165) is 25.9 Å². The summed E-state index contributed by atoms with van der Waals surface area (Å²) < 4.78 is 10.5. The van der Waals surface area contributed by atoms with E-state index in [-0.39, 0.29) is 5.91 Å². The van der Waals surface area contributed by atoms with Crippen LogP contribution in [0.2, 0.25) is 5.02 Å². The van der Waals surface area contributed by atoms with Crippen molar-refractivity contribution in [2.75, 3.05) is 32.6 Å². The fourth-order valence-corrected chi connectivity index (χ4v) is 3.27. The first-order valence-electron chi connectivity index (χ1n) is 7.97. The van der Waals surface area contributed by atoms with Gasteiger partial charge in [0.1, 0.15) is 11.5 Å². The van der Waals surface area contributed by atoms with E-state index in [9.17, 15) is 4.79 Å². The molecule has 0 aliphatic carbocycles. The minimum Gasteiger partial charge on any atom is -0.495 e. The fraction of sp³-hybridized carbons (Fsp3) is 0.588. The first-order chi connectivity index (χ1) is 11.0. The molecule has 0 aromatic heterocycles. The lowest BCUT2D eigenvalue weighted by Gasteiger charge is -2.28. The Bertz CT molecular complexity index is 545. The van der Waals surface area contributed by atoms with Crippen LogP contribution < -0.4 is 20.1 Å². The zero-order chi connectivity index (χ0) is 16.8. The summed E-state index contributed by atoms with van der Waals surface area (Å²) in [4.78, 5) is 12.3. The summed E-state index contributed by atoms with van der Waals surface area (Å²) in [7, 11) is 3.09. The van der Waals surface area contributed by atoms with Crippen molar-refractivity contribution in [2.45, 2.75) is 26.2 Å². The van der Waals surface area contributed by atoms with Crippen LogP contribution in [0, 0.1) is 11.8 Å². The molecule has 128 valence electrons. The monoisotopic (exact) mass is 340 g/mol. The predicted molar refractivity (Wildman–Crippen MR) is 92.6 cm³/mol. The van der Waals surface area contributed by atoms with Crippen LogP contribution in [0.4, 0.5) is 5.69 Å². The van der Waals surface area contributed by atoms with Crippen LogP contribution in [0.25, 0.3) is 0 Å². The predicted octanol–water partition coefficient (Wildman–Crippen LogP) is 3.32. The summed E-state index contributed by atoms with van der Waals surface area (Å²) in [6.07, 6.45) is 2.76. The molecule has 0 bridgehead atoms. The van der Waals surface area contributed by atoms with Gasteiger partial charge in [-0.1, -0.05) is 18.5 Å². The number of hydrogen-bond donors (Lipinski definition) is 2. The first-order valence-corrected chi connectivity index (χ1v) is 8.35. The number of methoxy groups -OCH3 is 2. The van der Waals surface area contributed by atoms with Crippen LogP contribution in [-0.4, -0.2) is 33.2 Å². The van der Waals surface area contributed by atoms with Crippen molar-refractivity contribution in [3.05, 3.63) is 17.2 Å². The molecule has 1 aliphatic rings. The highest BCUT2D eigenvalue weighted by Crippen LogP contribution is 2.36. The Balaban J connectivity index is 2.00. The van der Waals surface area contributed by atoms with Crippen LogP contribution in [0.15, 0.2) is 12.1 Å². The van der Waals surface area contributed by atoms with E-state index < -0.39 is 0 Å². The van der Waals surface area contributed by atoms with Crippen molar-refractivity contribution in [3.8, 4) is 11.5 Å². The number of carbonyl (C=O) groups is 1. The Hall–Kier alpha value is -1.46. The first kappa shape index (κ1) is 17.9. The summed E-state index contributed by atoms with van der Waals surface area (Å²) in [6.45, 7) is 4.23. The molecule has 1 heterocycles. The summed E-state index contributed by atoms with van der Waals surface area (Å²) in [5, 5.41) is 6.70. The molecule has 0 spiro atoms. The summed E-state index contributed by atoms with van der Waals surface area (Å²) in [5.74, 6) is 1.99. The van der Waals surface area contributed by atoms with Crippen LogP contribution >= 0.6 is 11.6 Å². The van der Waals surface area contributed by atoms with Gasteiger partial charge < -0.3 is 20.1 Å². The molecule has 23 heavy (non-hydrogen) atoms. The number of halogens is 1. The van der Waals surface area contributed by atoms with Crippen molar-refractivity contribution in [2.24, 2.45) is 11.8 Å². The molecule has 0 radical (unpaired) electrons. The molecule has 0 saturated carbocycles. The van der Waals surface area contributed by atoms with Gasteiger partial charge in [0.2, 0.25) is 5.91 Å². The molecular weight excluding hydrogens is 316 g/mol. The Morgan fingerprint density at radius 3 is 2.57 bits per heavy atom. The number of rotatable bonds is 6. The Morgan fingerprint density at radius 1 is 1.30 bits per heavy atom. The second-order valence-electron chi connectivity index (χ2n) is 6.00. The van der Waals surface area contributed by atoms with Crippen LogP contribution in [0.5, 0.6) is 11.5 Å². The number of nitrogens with one attached hydrogen (secondary N) is 2. The van der Waals surface area contributed by atoms with Crippen molar-refractivity contribution >= 4 is 23.2 Å². The number of benzene rings is 1. The molecule has 6 heteroatoms. The molecule has 1 atom stereocenters. The van der Waals surface area contributed by atoms with Gasteiger partial charge in [-0.2, -0.15) is 0 Å². The van der Waals surface area contributed by atoms with Crippen LogP contribution in [0.3, 0.4) is 0 Å². The molecule has 1 aliphatic heterocycles. The summed E-state index contributed by atoms with van der Waals surface area (Å²) in [6, 6.07) is 3.33. The molecule has 5 nitrogen and oxygen atoms in total. The Labute approximate surface area is 142 Å². The zero-order valence-electron chi connectivity index (χ0n) is 13.9. The Kier molecular flexibility index (Phi) is 6.54. The van der Waals surface area contributed by atoms with Crippen molar-refractivity contribution in [1.82, 2.24) is 5.32 Å². The molecule has 1 fully saturated rings. The fourth-order valence-electron chi connectivity index (χ4n) is 3.03. The van der Waals surface area contributed by atoms with E-state index in [1.807, 2.05) is 0 Å². The highest BCUT2D eigenvalue weighted by atomic mass is 35.5. The van der Waals surface area contributed by atoms with Crippen molar-refractivity contribution < 1.29 is 14.3 Å². The molecule has 1 aromatic carbocycles. The van der Waals surface area contributed by atoms with Gasteiger partial charge in [-0.25, -0.2) is 0 Å². The topological polar surface area (TPSA) is 59.6 Å². The highest BCUT2D eigenvalue weighted by molar-refractivity contribution is 6.32. The van der Waals surface area contributed by atoms with Crippen LogP contribution in [-0.2, 0) is 4.79 Å². The summed E-state index contributed by atoms with van der Waals surface area (Å²) >= 11 is 6.13. The zero-order valence-corrected chi connectivity index (χ0v) is 14.7. The summed E-state index contributed by atoms with van der Waals surface area (Å²) in [5.41, 5.74) is 0.570. The van der Waals surface area contributed by atoms with Crippen molar-refractivity contribution in [3.63, 3.8) is 0 Å². The van der Waals surface area contributed by atoms with Gasteiger partial charge in [0, 0.05) is 12.5 Å². The number of anilines is 1. The molecule has 1 saturated heterocycles. The average Bonchev–Trinajstić information content (AvgIpc) is 2.55. The molecule has 1 unspecified atom stereocenters. The number of amides is 1. The number of piperidine rings is 1. The second-order valence-corrected chi connectivity index (χ2v) is 6.41. The molecular formula is C17H25ClN2O3. The molecule has 1 amide bonds. The second kappa shape index (κ2) is 8.41. The van der Waals surface area contributed by atoms with Crippen molar-refractivity contribution in [1.29, 1.82) is 0 Å². The SMILES string of the molecule is COc1cc(OC)c(NC(=O)CC(C)C2CCNCC2)cc1Cl. The molecule has 1 aromatic rings. The van der Waals surface area contributed by atoms with E-state index in [1.165, 1.54) is 0 Å². The van der Waals surface area contributed by atoms with Gasteiger partial charge in [0.05, 0.1) is 24.9 Å². The minimum absolute atomic E-state index is 0.0180. The van der Waals surface area contributed by atoms with Gasteiger partial charge in [-0.05, 0) is 43.8 Å². The normalized spacial score (nSPS) is 16.7. The molecule has 2 N–H and O–H groups in total. The van der Waals surface area contributed by atoms with Gasteiger partial charge in [0.25, 0.3) is 0 Å². The lowest BCUT2D eigenvalue weighted by molar-refractivity contribution is -0.117. The van der Waals surface area contributed by atoms with E-state index >= 15 is 0 Å². The van der Waals surface area contributed by atoms with Crippen LogP contribution in [0.1, 0.15) is 26.2 Å². The Morgan fingerprint density at radius 2 is 1.96 bits per heavy atom. The number of ether oxygens (including phenoxy) is 2. The molecule has 2 rings (SSSR count). The minimum atomic E-state index is -0.0180. The van der Waals surface area contributed by atoms with E-state index in [0.29, 0.717) is 40.5 Å². The highest BCUT2D eigenvalue weighted by Gasteiger charge is 2.22. The third kappa shape index (κ3) is 4.75. The van der Waals surface area contributed by atoms with Gasteiger partial charge in [-0.3, -0.25) is 4.79 Å². The average molecular weight is 341 g/mol. The largest absolute Gasteiger partial charge is 0.495 e. The number of carbonyl (C=O) groups excluding carboxylic acids is 1. The third-order valence-corrected chi connectivity index (χ3v) is 4.74. The van der Waals surface area contributed by atoms with Gasteiger partial charge in [-0.15, -0.1) is 0 Å². The van der Waals surface area contributed by atoms with E-state index in [2.05, 4.69) is 17.6 Å². The number of hydrogen-bond acceptors (Lipinski definition) is 4. The van der Waals surface area contributed by atoms with Gasteiger partial charge >= 0.3 is 0 Å². The standard InChI is InChI=1S/C17H25ClN2O3/c1-11(12-4-6-19-7-5-12)8-17(21)20-14-9-13(18)15(22-2)10-16(14)23-3/h9-12,19H,4-8H2,1-3H3,(H,20,21). The maximum Gasteiger partial charge on any atom is 0.224 e. The van der Waals surface area contributed by atoms with E-state index in [4.69, 9.17) is 21.1 Å². The quantitative estimate of drug-likeness (QED) is 0.834. The smallest absolute Gasteiger partial charge is 0.224 e. The lowest BCUT2D eigenvalue weighted by atomic mass is 9.84. The maximum absolute atomic E-state index is 12.3. The van der Waals surface area contributed by atoms with E-state index in [1.54, 1.807) is 26.4 Å². The lowest BCUT2D eigenvalue weighted by Crippen LogP contribution is -2.32. The maximum atomic E-state index is 12.3. The van der Waals surface area contributed by atoms with Gasteiger partial charge in [0.15, 0.2) is 0 Å².